The molecule has 1 atom stereocenters. The number of hydrogen-bond donors (Lipinski definition) is 1. The second-order valence-corrected chi connectivity index (χ2v) is 2.92. The van der Waals surface area contributed by atoms with Crippen molar-refractivity contribution in [1.29, 1.82) is 0 Å². The molecule has 1 nitrogen and oxygen atoms in total. The second kappa shape index (κ2) is 4.80. The second-order valence-electron chi connectivity index (χ2n) is 2.92. The smallest absolute Gasteiger partial charge is 0.0433 e. The zero-order valence-corrected chi connectivity index (χ0v) is 6.72. The number of hydrogen-bond acceptors (Lipinski definition) is 1. The fraction of sp³-hybridized carbons (Fsp3) is 1.00. The summed E-state index contributed by atoms with van der Waals surface area (Å²) in [5.41, 5.74) is 0. The van der Waals surface area contributed by atoms with Gasteiger partial charge >= 0.3 is 0 Å². The maximum atomic E-state index is 8.62. The van der Waals surface area contributed by atoms with Gasteiger partial charge in [0, 0.05) is 6.61 Å². The van der Waals surface area contributed by atoms with Gasteiger partial charge in [0.2, 0.25) is 0 Å². The molecule has 56 valence electrons. The normalized spacial score (nSPS) is 14.3. The van der Waals surface area contributed by atoms with Crippen LogP contribution in [0.2, 0.25) is 0 Å². The van der Waals surface area contributed by atoms with Crippen molar-refractivity contribution in [3.05, 3.63) is 0 Å². The maximum Gasteiger partial charge on any atom is 0.0433 e. The molecule has 0 unspecified atom stereocenters. The van der Waals surface area contributed by atoms with Crippen LogP contribution in [0.25, 0.3) is 0 Å². The van der Waals surface area contributed by atoms with Crippen LogP contribution < -0.4 is 0 Å². The lowest BCUT2D eigenvalue weighted by Gasteiger charge is -2.16. The predicted molar refractivity (Wildman–Crippen MR) is 40.3 cm³/mol. The molecule has 1 heteroatoms. The van der Waals surface area contributed by atoms with Crippen LogP contribution in [0.3, 0.4) is 0 Å². The lowest BCUT2D eigenvalue weighted by atomic mass is 9.91. The summed E-state index contributed by atoms with van der Waals surface area (Å²) in [6.07, 6.45) is 2.16. The quantitative estimate of drug-likeness (QED) is 0.617. The minimum absolute atomic E-state index is 0.344. The Kier molecular flexibility index (Phi) is 4.78. The van der Waals surface area contributed by atoms with Crippen LogP contribution in [0.15, 0.2) is 0 Å². The summed E-state index contributed by atoms with van der Waals surface area (Å²) in [4.78, 5) is 0. The molecule has 0 saturated heterocycles. The van der Waals surface area contributed by atoms with E-state index >= 15 is 0 Å². The van der Waals surface area contributed by atoms with Crippen LogP contribution in [0, 0.1) is 11.8 Å². The van der Waals surface area contributed by atoms with E-state index in [0.29, 0.717) is 6.61 Å². The van der Waals surface area contributed by atoms with Gasteiger partial charge in [0.1, 0.15) is 0 Å². The minimum Gasteiger partial charge on any atom is -0.396 e. The summed E-state index contributed by atoms with van der Waals surface area (Å²) >= 11 is 0. The Bertz CT molecular complexity index is 59.6. The van der Waals surface area contributed by atoms with Gasteiger partial charge < -0.3 is 5.11 Å². The lowest BCUT2D eigenvalue weighted by molar-refractivity contribution is 0.228. The number of aliphatic hydroxyl groups is 1. The average Bonchev–Trinajstić information content (AvgIpc) is 1.82. The molecule has 0 aliphatic heterocycles. The summed E-state index contributed by atoms with van der Waals surface area (Å²) in [6.45, 7) is 6.95. The van der Waals surface area contributed by atoms with Crippen molar-refractivity contribution in [3.8, 4) is 0 Å². The van der Waals surface area contributed by atoms with Gasteiger partial charge in [-0.15, -0.1) is 0 Å². The van der Waals surface area contributed by atoms with Gasteiger partial charge in [-0.3, -0.25) is 0 Å². The third-order valence-corrected chi connectivity index (χ3v) is 1.97. The highest BCUT2D eigenvalue weighted by Gasteiger charge is 2.08. The lowest BCUT2D eigenvalue weighted by Crippen LogP contribution is -2.08. The van der Waals surface area contributed by atoms with Gasteiger partial charge in [-0.1, -0.05) is 27.2 Å². The molecule has 9 heavy (non-hydrogen) atoms. The minimum atomic E-state index is 0.344. The van der Waals surface area contributed by atoms with Gasteiger partial charge in [0.05, 0.1) is 0 Å². The molecule has 0 bridgehead atoms. The Morgan fingerprint density at radius 3 is 2.00 bits per heavy atom. The van der Waals surface area contributed by atoms with Crippen molar-refractivity contribution in [1.82, 2.24) is 0 Å². The molecule has 0 fully saturated rings. The fourth-order valence-electron chi connectivity index (χ4n) is 1.17. The highest BCUT2D eigenvalue weighted by atomic mass is 16.3. The van der Waals surface area contributed by atoms with Crippen molar-refractivity contribution in [3.63, 3.8) is 0 Å². The van der Waals surface area contributed by atoms with Crippen LogP contribution >= 0.6 is 0 Å². The molecule has 0 spiro atoms. The van der Waals surface area contributed by atoms with E-state index in [0.717, 1.165) is 18.3 Å². The molecule has 0 saturated carbocycles. The highest BCUT2D eigenvalue weighted by Crippen LogP contribution is 2.17. The van der Waals surface area contributed by atoms with E-state index in [2.05, 4.69) is 20.8 Å². The molecule has 0 aliphatic rings. The molecular weight excluding hydrogens is 112 g/mol. The Balaban J connectivity index is 3.41. The molecule has 0 aromatic carbocycles. The molecule has 0 heterocycles. The predicted octanol–water partition coefficient (Wildman–Crippen LogP) is 2.05. The third kappa shape index (κ3) is 3.52. The van der Waals surface area contributed by atoms with Crippen LogP contribution in [0.5, 0.6) is 0 Å². The topological polar surface area (TPSA) is 20.2 Å². The van der Waals surface area contributed by atoms with Gasteiger partial charge in [-0.2, -0.15) is 0 Å². The van der Waals surface area contributed by atoms with Gasteiger partial charge in [0.15, 0.2) is 0 Å². The Labute approximate surface area is 58.1 Å². The molecule has 0 amide bonds. The zero-order chi connectivity index (χ0) is 7.28. The van der Waals surface area contributed by atoms with Crippen molar-refractivity contribution >= 4 is 0 Å². The van der Waals surface area contributed by atoms with Gasteiger partial charge in [-0.25, -0.2) is 0 Å². The molecule has 0 aliphatic carbocycles. The van der Waals surface area contributed by atoms with Crippen LogP contribution in [0.1, 0.15) is 33.6 Å². The van der Waals surface area contributed by atoms with Crippen molar-refractivity contribution in [2.75, 3.05) is 6.61 Å². The number of aliphatic hydroxyl groups excluding tert-OH is 1. The van der Waals surface area contributed by atoms with E-state index in [1.165, 1.54) is 6.42 Å². The Morgan fingerprint density at radius 2 is 1.89 bits per heavy atom. The molecule has 0 rings (SSSR count). The SMILES string of the molecule is CC[C@@H](CCO)C(C)C. The maximum absolute atomic E-state index is 8.62. The first-order valence-corrected chi connectivity index (χ1v) is 3.83. The van der Waals surface area contributed by atoms with E-state index < -0.39 is 0 Å². The summed E-state index contributed by atoms with van der Waals surface area (Å²) in [6, 6.07) is 0. The summed E-state index contributed by atoms with van der Waals surface area (Å²) in [5, 5.41) is 8.62. The molecular formula is C8H18O. The van der Waals surface area contributed by atoms with Crippen molar-refractivity contribution < 1.29 is 5.11 Å². The molecule has 0 aromatic rings. The van der Waals surface area contributed by atoms with E-state index in [4.69, 9.17) is 5.11 Å². The van der Waals surface area contributed by atoms with Crippen molar-refractivity contribution in [2.45, 2.75) is 33.6 Å². The van der Waals surface area contributed by atoms with Gasteiger partial charge in [0.25, 0.3) is 0 Å². The van der Waals surface area contributed by atoms with Crippen LogP contribution in [0.4, 0.5) is 0 Å². The first-order valence-electron chi connectivity index (χ1n) is 3.83. The summed E-state index contributed by atoms with van der Waals surface area (Å²) < 4.78 is 0. The van der Waals surface area contributed by atoms with Gasteiger partial charge in [-0.05, 0) is 18.3 Å². The molecule has 1 N–H and O–H groups in total. The largest absolute Gasteiger partial charge is 0.396 e. The van der Waals surface area contributed by atoms with Crippen LogP contribution in [-0.4, -0.2) is 11.7 Å². The van der Waals surface area contributed by atoms with E-state index in [1.54, 1.807) is 0 Å². The average molecular weight is 130 g/mol. The van der Waals surface area contributed by atoms with E-state index in [9.17, 15) is 0 Å². The molecule has 0 aromatic heterocycles. The zero-order valence-electron chi connectivity index (χ0n) is 6.72. The third-order valence-electron chi connectivity index (χ3n) is 1.97. The summed E-state index contributed by atoms with van der Waals surface area (Å²) in [5.74, 6) is 1.44. The first kappa shape index (κ1) is 8.96. The summed E-state index contributed by atoms with van der Waals surface area (Å²) in [7, 11) is 0. The fourth-order valence-corrected chi connectivity index (χ4v) is 1.17. The van der Waals surface area contributed by atoms with E-state index in [1.807, 2.05) is 0 Å². The highest BCUT2D eigenvalue weighted by molar-refractivity contribution is 4.59. The number of rotatable bonds is 4. The van der Waals surface area contributed by atoms with Crippen LogP contribution in [-0.2, 0) is 0 Å². The van der Waals surface area contributed by atoms with E-state index in [-0.39, 0.29) is 0 Å². The standard InChI is InChI=1S/C8H18O/c1-4-8(5-6-9)7(2)3/h7-9H,4-6H2,1-3H3/t8-/m0/s1. The Morgan fingerprint density at radius 1 is 1.33 bits per heavy atom. The monoisotopic (exact) mass is 130 g/mol. The first-order chi connectivity index (χ1) is 4.22. The Hall–Kier alpha value is -0.0400. The van der Waals surface area contributed by atoms with Crippen molar-refractivity contribution in [2.24, 2.45) is 11.8 Å². The molecule has 0 radical (unpaired) electrons.